The monoisotopic (exact) mass is 259 g/mol. The predicted molar refractivity (Wildman–Crippen MR) is 58.6 cm³/mol. The van der Waals surface area contributed by atoms with Gasteiger partial charge < -0.3 is 10.3 Å². The summed E-state index contributed by atoms with van der Waals surface area (Å²) in [4.78, 5) is 17.5. The van der Waals surface area contributed by atoms with Crippen LogP contribution in [0, 0.1) is 11.6 Å². The SMILES string of the molecule is O=C(CCl)NCc1nc2c(F)c(F)ccc2[nH]1. The fourth-order valence-corrected chi connectivity index (χ4v) is 1.48. The second-order valence-corrected chi connectivity index (χ2v) is 3.62. The lowest BCUT2D eigenvalue weighted by molar-refractivity contribution is -0.118. The number of nitrogens with zero attached hydrogens (tertiary/aromatic N) is 1. The van der Waals surface area contributed by atoms with E-state index in [0.717, 1.165) is 6.07 Å². The second-order valence-electron chi connectivity index (χ2n) is 3.35. The number of fused-ring (bicyclic) bond motifs is 1. The van der Waals surface area contributed by atoms with Crippen molar-refractivity contribution >= 4 is 28.5 Å². The standard InChI is InChI=1S/C10H8ClF2N3O/c11-3-8(17)14-4-7-15-6-2-1-5(12)9(13)10(6)16-7/h1-2H,3-4H2,(H,14,17)(H,15,16). The first-order chi connectivity index (χ1) is 8.11. The molecule has 0 aliphatic rings. The number of carbonyl (C=O) groups is 1. The van der Waals surface area contributed by atoms with Crippen molar-refractivity contribution in [2.45, 2.75) is 6.54 Å². The van der Waals surface area contributed by atoms with Gasteiger partial charge in [0.15, 0.2) is 11.6 Å². The van der Waals surface area contributed by atoms with Crippen LogP contribution in [0.1, 0.15) is 5.82 Å². The molecular weight excluding hydrogens is 252 g/mol. The summed E-state index contributed by atoms with van der Waals surface area (Å²) in [6.45, 7) is 0.0846. The first-order valence-corrected chi connectivity index (χ1v) is 5.30. The lowest BCUT2D eigenvalue weighted by Gasteiger charge is -1.98. The molecule has 1 amide bonds. The summed E-state index contributed by atoms with van der Waals surface area (Å²) < 4.78 is 26.2. The van der Waals surface area contributed by atoms with Crippen LogP contribution in [0.3, 0.4) is 0 Å². The van der Waals surface area contributed by atoms with E-state index in [1.54, 1.807) is 0 Å². The van der Waals surface area contributed by atoms with Crippen molar-refractivity contribution in [3.05, 3.63) is 29.6 Å². The Morgan fingerprint density at radius 3 is 2.94 bits per heavy atom. The maximum absolute atomic E-state index is 13.3. The Hall–Kier alpha value is -1.69. The molecular formula is C10H8ClF2N3O. The minimum Gasteiger partial charge on any atom is -0.348 e. The van der Waals surface area contributed by atoms with Crippen LogP contribution < -0.4 is 5.32 Å². The molecule has 0 bridgehead atoms. The molecule has 2 N–H and O–H groups in total. The summed E-state index contributed by atoms with van der Waals surface area (Å²) in [6, 6.07) is 2.39. The summed E-state index contributed by atoms with van der Waals surface area (Å²) in [5.41, 5.74) is 0.291. The number of halogens is 3. The number of alkyl halides is 1. The van der Waals surface area contributed by atoms with E-state index in [9.17, 15) is 13.6 Å². The van der Waals surface area contributed by atoms with Crippen LogP contribution in [0.15, 0.2) is 12.1 Å². The van der Waals surface area contributed by atoms with Gasteiger partial charge in [-0.3, -0.25) is 4.79 Å². The van der Waals surface area contributed by atoms with Gasteiger partial charge in [-0.1, -0.05) is 0 Å². The molecule has 90 valence electrons. The fraction of sp³-hybridized carbons (Fsp3) is 0.200. The number of benzene rings is 1. The van der Waals surface area contributed by atoms with Gasteiger partial charge in [-0.15, -0.1) is 11.6 Å². The van der Waals surface area contributed by atoms with E-state index in [0.29, 0.717) is 11.3 Å². The molecule has 0 saturated heterocycles. The number of nitrogens with one attached hydrogen (secondary N) is 2. The van der Waals surface area contributed by atoms with Crippen molar-refractivity contribution in [1.29, 1.82) is 0 Å². The number of aromatic amines is 1. The van der Waals surface area contributed by atoms with Crippen molar-refractivity contribution in [2.24, 2.45) is 0 Å². The molecule has 1 aromatic heterocycles. The van der Waals surface area contributed by atoms with Gasteiger partial charge in [0, 0.05) is 0 Å². The zero-order valence-electron chi connectivity index (χ0n) is 8.56. The molecule has 0 radical (unpaired) electrons. The van der Waals surface area contributed by atoms with Crippen LogP contribution in [0.25, 0.3) is 11.0 Å². The molecule has 17 heavy (non-hydrogen) atoms. The maximum atomic E-state index is 13.3. The Morgan fingerprint density at radius 2 is 2.24 bits per heavy atom. The van der Waals surface area contributed by atoms with E-state index in [2.05, 4.69) is 15.3 Å². The minimum atomic E-state index is -1.01. The van der Waals surface area contributed by atoms with Crippen LogP contribution in [0.4, 0.5) is 8.78 Å². The van der Waals surface area contributed by atoms with E-state index in [-0.39, 0.29) is 23.8 Å². The molecule has 0 aliphatic heterocycles. The largest absolute Gasteiger partial charge is 0.348 e. The second kappa shape index (κ2) is 4.67. The van der Waals surface area contributed by atoms with Crippen molar-refractivity contribution in [3.8, 4) is 0 Å². The summed E-state index contributed by atoms with van der Waals surface area (Å²) >= 11 is 5.29. The van der Waals surface area contributed by atoms with Crippen molar-refractivity contribution in [1.82, 2.24) is 15.3 Å². The summed E-state index contributed by atoms with van der Waals surface area (Å²) in [5.74, 6) is -2.15. The molecule has 7 heteroatoms. The first kappa shape index (κ1) is 11.8. The first-order valence-electron chi connectivity index (χ1n) is 4.77. The lowest BCUT2D eigenvalue weighted by atomic mass is 10.3. The minimum absolute atomic E-state index is 0.0832. The number of H-pyrrole nitrogens is 1. The molecule has 0 unspecified atom stereocenters. The lowest BCUT2D eigenvalue weighted by Crippen LogP contribution is -2.24. The Morgan fingerprint density at radius 1 is 1.47 bits per heavy atom. The Balaban J connectivity index is 2.26. The molecule has 0 aliphatic carbocycles. The van der Waals surface area contributed by atoms with Gasteiger partial charge in [0.2, 0.25) is 5.91 Å². The van der Waals surface area contributed by atoms with Gasteiger partial charge in [0.1, 0.15) is 17.2 Å². The summed E-state index contributed by atoms with van der Waals surface area (Å²) in [5, 5.41) is 2.46. The maximum Gasteiger partial charge on any atom is 0.235 e. The van der Waals surface area contributed by atoms with Crippen LogP contribution in [-0.2, 0) is 11.3 Å². The van der Waals surface area contributed by atoms with Crippen LogP contribution in [0.2, 0.25) is 0 Å². The Kier molecular flexibility index (Phi) is 3.23. The Labute approximate surface area is 100.0 Å². The normalized spacial score (nSPS) is 10.8. The third-order valence-electron chi connectivity index (χ3n) is 2.17. The van der Waals surface area contributed by atoms with Gasteiger partial charge in [0.25, 0.3) is 0 Å². The van der Waals surface area contributed by atoms with E-state index in [1.165, 1.54) is 6.07 Å². The van der Waals surface area contributed by atoms with Crippen LogP contribution in [0.5, 0.6) is 0 Å². The van der Waals surface area contributed by atoms with Gasteiger partial charge >= 0.3 is 0 Å². The van der Waals surface area contributed by atoms with Crippen molar-refractivity contribution in [3.63, 3.8) is 0 Å². The van der Waals surface area contributed by atoms with E-state index < -0.39 is 11.6 Å². The number of amides is 1. The summed E-state index contributed by atoms with van der Waals surface area (Å²) in [7, 11) is 0. The zero-order valence-corrected chi connectivity index (χ0v) is 9.31. The molecule has 2 aromatic rings. The van der Waals surface area contributed by atoms with E-state index >= 15 is 0 Å². The highest BCUT2D eigenvalue weighted by molar-refractivity contribution is 6.27. The molecule has 2 rings (SSSR count). The van der Waals surface area contributed by atoms with Gasteiger partial charge in [-0.05, 0) is 12.1 Å². The average Bonchev–Trinajstić information content (AvgIpc) is 2.75. The van der Waals surface area contributed by atoms with E-state index in [4.69, 9.17) is 11.6 Å². The number of rotatable bonds is 3. The number of carbonyl (C=O) groups excluding carboxylic acids is 1. The van der Waals surface area contributed by atoms with Gasteiger partial charge in [-0.2, -0.15) is 0 Å². The quantitative estimate of drug-likeness (QED) is 0.825. The summed E-state index contributed by atoms with van der Waals surface area (Å²) in [6.07, 6.45) is 0. The highest BCUT2D eigenvalue weighted by atomic mass is 35.5. The topological polar surface area (TPSA) is 57.8 Å². The third-order valence-corrected chi connectivity index (χ3v) is 2.41. The number of imidazole rings is 1. The number of hydrogen-bond acceptors (Lipinski definition) is 2. The molecule has 1 heterocycles. The molecule has 0 spiro atoms. The van der Waals surface area contributed by atoms with Crippen LogP contribution >= 0.6 is 11.6 Å². The highest BCUT2D eigenvalue weighted by Gasteiger charge is 2.11. The van der Waals surface area contributed by atoms with Crippen molar-refractivity contribution < 1.29 is 13.6 Å². The Bertz CT molecular complexity index is 570. The zero-order chi connectivity index (χ0) is 12.4. The third kappa shape index (κ3) is 2.36. The van der Waals surface area contributed by atoms with Crippen LogP contribution in [-0.4, -0.2) is 21.8 Å². The molecule has 4 nitrogen and oxygen atoms in total. The number of hydrogen-bond donors (Lipinski definition) is 2. The predicted octanol–water partition coefficient (Wildman–Crippen LogP) is 1.70. The average molecular weight is 260 g/mol. The van der Waals surface area contributed by atoms with Gasteiger partial charge in [0.05, 0.1) is 12.1 Å². The van der Waals surface area contributed by atoms with E-state index in [1.807, 2.05) is 0 Å². The molecule has 0 saturated carbocycles. The molecule has 1 aromatic carbocycles. The molecule has 0 atom stereocenters. The highest BCUT2D eigenvalue weighted by Crippen LogP contribution is 2.17. The van der Waals surface area contributed by atoms with Crippen molar-refractivity contribution in [2.75, 3.05) is 5.88 Å². The number of aromatic nitrogens is 2. The fourth-order valence-electron chi connectivity index (χ4n) is 1.38. The smallest absolute Gasteiger partial charge is 0.235 e. The van der Waals surface area contributed by atoms with Gasteiger partial charge in [-0.25, -0.2) is 13.8 Å². The molecule has 0 fully saturated rings.